The zero-order chi connectivity index (χ0) is 26.2. The number of carbonyl (C=O) groups excluding carboxylic acids is 3. The van der Waals surface area contributed by atoms with Crippen LogP contribution in [0.4, 0.5) is 5.00 Å². The van der Waals surface area contributed by atoms with E-state index >= 15 is 0 Å². The van der Waals surface area contributed by atoms with Gasteiger partial charge < -0.3 is 19.4 Å². The van der Waals surface area contributed by atoms with Crippen LogP contribution in [0.3, 0.4) is 0 Å². The summed E-state index contributed by atoms with van der Waals surface area (Å²) in [7, 11) is 1.64. The Morgan fingerprint density at radius 2 is 1.92 bits per heavy atom. The van der Waals surface area contributed by atoms with Crippen LogP contribution in [0, 0.1) is 0 Å². The topological polar surface area (TPSA) is 99.0 Å². The molecule has 11 heteroatoms. The number of nitrogens with zero attached hydrogens (tertiary/aromatic N) is 2. The molecule has 0 spiro atoms. The Balaban J connectivity index is 1.40. The molecule has 0 bridgehead atoms. The normalized spacial score (nSPS) is 13.8. The van der Waals surface area contributed by atoms with Gasteiger partial charge in [-0.15, -0.1) is 23.1 Å². The van der Waals surface area contributed by atoms with Gasteiger partial charge in [0, 0.05) is 18.5 Å². The van der Waals surface area contributed by atoms with E-state index in [1.807, 2.05) is 28.8 Å². The molecule has 0 aliphatic heterocycles. The summed E-state index contributed by atoms with van der Waals surface area (Å²) < 4.78 is 13.5. The molecule has 1 aliphatic rings. The van der Waals surface area contributed by atoms with E-state index in [1.54, 1.807) is 14.0 Å². The predicted molar refractivity (Wildman–Crippen MR) is 150 cm³/mol. The second-order valence-corrected chi connectivity index (χ2v) is 11.6. The van der Waals surface area contributed by atoms with Crippen molar-refractivity contribution in [2.24, 2.45) is 4.99 Å². The summed E-state index contributed by atoms with van der Waals surface area (Å²) in [6.45, 7) is 3.16. The third-order valence-electron chi connectivity index (χ3n) is 5.94. The molecule has 37 heavy (non-hydrogen) atoms. The van der Waals surface area contributed by atoms with E-state index in [9.17, 15) is 14.4 Å². The number of esters is 1. The van der Waals surface area contributed by atoms with Gasteiger partial charge >= 0.3 is 5.97 Å². The number of para-hydroxylation sites is 1. The maximum absolute atomic E-state index is 12.7. The monoisotopic (exact) mass is 561 g/mol. The Labute approximate surface area is 228 Å². The van der Waals surface area contributed by atoms with Crippen LogP contribution in [0.1, 0.15) is 47.0 Å². The molecule has 1 N–H and O–H groups in total. The highest BCUT2D eigenvalue weighted by atomic mass is 32.2. The number of hydrogen-bond donors (Lipinski definition) is 1. The number of ether oxygens (including phenoxy) is 2. The number of amides is 2. The molecule has 0 atom stereocenters. The van der Waals surface area contributed by atoms with E-state index in [0.717, 1.165) is 52.8 Å². The molecular weight excluding hydrogens is 531 g/mol. The number of fused-ring (bicyclic) bond motifs is 2. The van der Waals surface area contributed by atoms with E-state index in [2.05, 4.69) is 10.3 Å². The van der Waals surface area contributed by atoms with E-state index in [-0.39, 0.29) is 35.9 Å². The maximum atomic E-state index is 12.7. The summed E-state index contributed by atoms with van der Waals surface area (Å²) in [5.74, 6) is -0.772. The number of thioether (sulfide) groups is 1. The third-order valence-corrected chi connectivity index (χ3v) is 9.12. The van der Waals surface area contributed by atoms with Crippen molar-refractivity contribution >= 4 is 67.4 Å². The Hall–Kier alpha value is -2.47. The quantitative estimate of drug-likeness (QED) is 0.286. The largest absolute Gasteiger partial charge is 0.462 e. The van der Waals surface area contributed by atoms with Gasteiger partial charge in [0.2, 0.25) is 5.91 Å². The average Bonchev–Trinajstić information content (AvgIpc) is 3.30. The fraction of sp³-hybridized carbons (Fsp3) is 0.462. The minimum atomic E-state index is -0.385. The van der Waals surface area contributed by atoms with Gasteiger partial charge in [-0.3, -0.25) is 9.59 Å². The lowest BCUT2D eigenvalue weighted by Crippen LogP contribution is -2.20. The number of thiazole rings is 1. The number of hydrogen-bond acceptors (Lipinski definition) is 8. The molecule has 2 aromatic heterocycles. The highest BCUT2D eigenvalue weighted by molar-refractivity contribution is 8.00. The molecule has 0 unspecified atom stereocenters. The number of thiophene rings is 1. The Kier molecular flexibility index (Phi) is 9.95. The first-order valence-corrected chi connectivity index (χ1v) is 15.1. The summed E-state index contributed by atoms with van der Waals surface area (Å²) in [5.41, 5.74) is 2.52. The Bertz CT molecular complexity index is 1340. The van der Waals surface area contributed by atoms with Crippen LogP contribution >= 0.6 is 34.4 Å². The molecule has 1 aliphatic carbocycles. The number of anilines is 1. The molecule has 4 rings (SSSR count). The maximum Gasteiger partial charge on any atom is 0.341 e. The number of nitrogens with one attached hydrogen (secondary N) is 1. The molecule has 2 heterocycles. The van der Waals surface area contributed by atoms with Crippen molar-refractivity contribution in [3.05, 3.63) is 45.1 Å². The highest BCUT2D eigenvalue weighted by Crippen LogP contribution is 2.38. The van der Waals surface area contributed by atoms with Crippen molar-refractivity contribution in [1.29, 1.82) is 0 Å². The molecule has 198 valence electrons. The van der Waals surface area contributed by atoms with Crippen molar-refractivity contribution in [2.45, 2.75) is 45.6 Å². The summed E-state index contributed by atoms with van der Waals surface area (Å²) in [6, 6.07) is 7.91. The smallest absolute Gasteiger partial charge is 0.341 e. The van der Waals surface area contributed by atoms with Gasteiger partial charge in [-0.2, -0.15) is 4.99 Å². The molecule has 0 fully saturated rings. The van der Waals surface area contributed by atoms with E-state index in [1.165, 1.54) is 34.4 Å². The van der Waals surface area contributed by atoms with Crippen LogP contribution in [-0.4, -0.2) is 54.2 Å². The van der Waals surface area contributed by atoms with Gasteiger partial charge in [-0.05, 0) is 50.3 Å². The SMILES string of the molecule is CCOC(=O)c1c(NC(=O)CSCC(=O)N=c2sc3ccccc3n2CCOC)sc2c1CCCCC2. The number of aromatic nitrogens is 1. The second-order valence-electron chi connectivity index (χ2n) is 8.53. The fourth-order valence-corrected chi connectivity index (χ4v) is 7.25. The van der Waals surface area contributed by atoms with Crippen LogP contribution in [0.5, 0.6) is 0 Å². The number of carbonyl (C=O) groups is 3. The van der Waals surface area contributed by atoms with Gasteiger partial charge in [0.1, 0.15) is 5.00 Å². The lowest BCUT2D eigenvalue weighted by Gasteiger charge is -2.08. The molecule has 0 saturated carbocycles. The van der Waals surface area contributed by atoms with Gasteiger partial charge in [0.25, 0.3) is 5.91 Å². The number of rotatable bonds is 10. The molecule has 2 amide bonds. The zero-order valence-electron chi connectivity index (χ0n) is 21.0. The zero-order valence-corrected chi connectivity index (χ0v) is 23.5. The number of benzene rings is 1. The first-order chi connectivity index (χ1) is 18.0. The average molecular weight is 562 g/mol. The molecular formula is C26H31N3O5S3. The van der Waals surface area contributed by atoms with Crippen molar-refractivity contribution < 1.29 is 23.9 Å². The summed E-state index contributed by atoms with van der Waals surface area (Å²) >= 11 is 4.13. The molecule has 1 aromatic carbocycles. The van der Waals surface area contributed by atoms with Crippen LogP contribution in [0.2, 0.25) is 0 Å². The van der Waals surface area contributed by atoms with Crippen LogP contribution in [0.15, 0.2) is 29.3 Å². The lowest BCUT2D eigenvalue weighted by molar-refractivity contribution is -0.115. The van der Waals surface area contributed by atoms with E-state index in [4.69, 9.17) is 9.47 Å². The summed E-state index contributed by atoms with van der Waals surface area (Å²) in [4.78, 5) is 44.1. The minimum Gasteiger partial charge on any atom is -0.462 e. The number of aryl methyl sites for hydroxylation is 1. The molecule has 0 radical (unpaired) electrons. The van der Waals surface area contributed by atoms with Crippen molar-refractivity contribution in [2.75, 3.05) is 37.1 Å². The van der Waals surface area contributed by atoms with Crippen molar-refractivity contribution in [3.63, 3.8) is 0 Å². The Morgan fingerprint density at radius 3 is 2.73 bits per heavy atom. The number of methoxy groups -OCH3 is 1. The van der Waals surface area contributed by atoms with E-state index < -0.39 is 0 Å². The van der Waals surface area contributed by atoms with Gasteiger partial charge in [0.15, 0.2) is 4.80 Å². The summed E-state index contributed by atoms with van der Waals surface area (Å²) in [5, 5.41) is 3.45. The standard InChI is InChI=1S/C26H31N3O5S3/c1-3-34-25(32)23-17-9-5-4-6-11-19(17)36-24(23)27-21(30)15-35-16-22(31)28-26-29(13-14-33-2)18-10-7-8-12-20(18)37-26/h7-8,10,12H,3-6,9,11,13-16H2,1-2H3,(H,27,30). The highest BCUT2D eigenvalue weighted by Gasteiger charge is 2.26. The Morgan fingerprint density at radius 1 is 1.11 bits per heavy atom. The van der Waals surface area contributed by atoms with Crippen LogP contribution in [0.25, 0.3) is 10.2 Å². The predicted octanol–water partition coefficient (Wildman–Crippen LogP) is 4.66. The fourth-order valence-electron chi connectivity index (χ4n) is 4.29. The van der Waals surface area contributed by atoms with Gasteiger partial charge in [-0.1, -0.05) is 29.9 Å². The van der Waals surface area contributed by atoms with Crippen molar-refractivity contribution in [1.82, 2.24) is 4.57 Å². The third kappa shape index (κ3) is 6.90. The molecule has 0 saturated heterocycles. The molecule has 8 nitrogen and oxygen atoms in total. The first kappa shape index (κ1) is 27.6. The minimum absolute atomic E-state index is 0.0810. The molecule has 3 aromatic rings. The van der Waals surface area contributed by atoms with Crippen LogP contribution in [-0.2, 0) is 38.4 Å². The van der Waals surface area contributed by atoms with Crippen molar-refractivity contribution in [3.8, 4) is 0 Å². The van der Waals surface area contributed by atoms with E-state index in [0.29, 0.717) is 28.5 Å². The van der Waals surface area contributed by atoms with Gasteiger partial charge in [0.05, 0.1) is 40.5 Å². The van der Waals surface area contributed by atoms with Gasteiger partial charge in [-0.25, -0.2) is 4.79 Å². The summed E-state index contributed by atoms with van der Waals surface area (Å²) in [6.07, 6.45) is 4.97. The lowest BCUT2D eigenvalue weighted by atomic mass is 10.1. The second kappa shape index (κ2) is 13.4. The first-order valence-electron chi connectivity index (χ1n) is 12.4. The van der Waals surface area contributed by atoms with Crippen LogP contribution < -0.4 is 10.1 Å².